The van der Waals surface area contributed by atoms with E-state index in [1.54, 1.807) is 17.0 Å². The quantitative estimate of drug-likeness (QED) is 0.330. The maximum absolute atomic E-state index is 13.3. The van der Waals surface area contributed by atoms with Gasteiger partial charge in [0, 0.05) is 11.8 Å². The van der Waals surface area contributed by atoms with Crippen LogP contribution in [0.25, 0.3) is 11.0 Å². The Morgan fingerprint density at radius 3 is 2.60 bits per heavy atom. The summed E-state index contributed by atoms with van der Waals surface area (Å²) in [6.07, 6.45) is 2.26. The predicted octanol–water partition coefficient (Wildman–Crippen LogP) is 5.00. The summed E-state index contributed by atoms with van der Waals surface area (Å²) in [5.74, 6) is 0.361. The fraction of sp³-hybridized carbons (Fsp3) is 0.393. The van der Waals surface area contributed by atoms with Crippen molar-refractivity contribution >= 4 is 32.9 Å². The zero-order chi connectivity index (χ0) is 28.8. The molecule has 3 heterocycles. The predicted molar refractivity (Wildman–Crippen MR) is 149 cm³/mol. The maximum atomic E-state index is 13.3. The van der Waals surface area contributed by atoms with Crippen molar-refractivity contribution in [3.05, 3.63) is 64.5 Å². The zero-order valence-electron chi connectivity index (χ0n) is 23.4. The van der Waals surface area contributed by atoms with Crippen molar-refractivity contribution in [1.82, 2.24) is 19.8 Å². The van der Waals surface area contributed by atoms with Crippen molar-refractivity contribution in [2.75, 3.05) is 11.8 Å². The minimum Gasteiger partial charge on any atom is -0.495 e. The molecule has 40 heavy (non-hydrogen) atoms. The number of anilines is 1. The lowest BCUT2D eigenvalue weighted by atomic mass is 10.1. The summed E-state index contributed by atoms with van der Waals surface area (Å²) < 4.78 is 47.3. The Kier molecular flexibility index (Phi) is 6.99. The summed E-state index contributed by atoms with van der Waals surface area (Å²) in [4.78, 5) is 14.1. The Morgan fingerprint density at radius 1 is 1.15 bits per heavy atom. The van der Waals surface area contributed by atoms with Gasteiger partial charge in [-0.2, -0.15) is 5.10 Å². The highest BCUT2D eigenvalue weighted by Gasteiger charge is 2.30. The molecule has 11 nitrogen and oxygen atoms in total. The van der Waals surface area contributed by atoms with Gasteiger partial charge in [0.1, 0.15) is 16.2 Å². The summed E-state index contributed by atoms with van der Waals surface area (Å²) >= 11 is 0. The second kappa shape index (κ2) is 10.2. The number of amides is 1. The van der Waals surface area contributed by atoms with Gasteiger partial charge in [0.2, 0.25) is 0 Å². The van der Waals surface area contributed by atoms with Crippen LogP contribution in [0.3, 0.4) is 0 Å². The highest BCUT2D eigenvalue weighted by Crippen LogP contribution is 2.32. The van der Waals surface area contributed by atoms with Crippen LogP contribution in [-0.2, 0) is 40.8 Å². The second-order valence-electron chi connectivity index (χ2n) is 10.9. The number of carbonyl (C=O) groups excluding carboxylic acids is 1. The number of hydrogen-bond acceptors (Lipinski definition) is 8. The van der Waals surface area contributed by atoms with Gasteiger partial charge in [-0.25, -0.2) is 13.2 Å². The molecule has 5 rings (SSSR count). The third-order valence-electron chi connectivity index (χ3n) is 6.61. The Morgan fingerprint density at radius 2 is 1.93 bits per heavy atom. The van der Waals surface area contributed by atoms with E-state index >= 15 is 0 Å². The highest BCUT2D eigenvalue weighted by molar-refractivity contribution is 7.92. The molecule has 0 saturated heterocycles. The largest absolute Gasteiger partial charge is 0.495 e. The molecule has 0 unspecified atom stereocenters. The van der Waals surface area contributed by atoms with Crippen LogP contribution in [0.1, 0.15) is 55.6 Å². The van der Waals surface area contributed by atoms with Crippen LogP contribution in [0.2, 0.25) is 0 Å². The van der Waals surface area contributed by atoms with Gasteiger partial charge in [-0.15, -0.1) is 0 Å². The highest BCUT2D eigenvalue weighted by atomic mass is 32.2. The number of nitrogens with zero attached hydrogens (tertiary/aromatic N) is 4. The van der Waals surface area contributed by atoms with E-state index in [0.29, 0.717) is 37.0 Å². The van der Waals surface area contributed by atoms with Gasteiger partial charge in [0.25, 0.3) is 10.0 Å². The number of ether oxygens (including phenoxy) is 2. The average Bonchev–Trinajstić information content (AvgIpc) is 3.56. The third kappa shape index (κ3) is 5.48. The molecule has 0 radical (unpaired) electrons. The normalized spacial score (nSPS) is 13.5. The molecule has 212 valence electrons. The molecule has 0 atom stereocenters. The molecule has 0 spiro atoms. The number of aromatic nitrogens is 3. The number of carbonyl (C=O) groups is 1. The average molecular weight is 568 g/mol. The lowest BCUT2D eigenvalue weighted by molar-refractivity contribution is 0.0239. The molecule has 2 aromatic heterocycles. The Labute approximate surface area is 233 Å². The van der Waals surface area contributed by atoms with Crippen molar-refractivity contribution < 1.29 is 27.2 Å². The van der Waals surface area contributed by atoms with Gasteiger partial charge < -0.3 is 14.0 Å². The number of rotatable bonds is 7. The van der Waals surface area contributed by atoms with Crippen molar-refractivity contribution in [3.63, 3.8) is 0 Å². The Hall–Kier alpha value is -4.06. The van der Waals surface area contributed by atoms with Crippen molar-refractivity contribution in [2.24, 2.45) is 0 Å². The molecule has 2 aromatic carbocycles. The van der Waals surface area contributed by atoms with Crippen LogP contribution in [0.4, 0.5) is 10.6 Å². The Bertz CT molecular complexity index is 1680. The molecule has 0 saturated carbocycles. The minimum atomic E-state index is -3.99. The van der Waals surface area contributed by atoms with Crippen molar-refractivity contribution in [1.29, 1.82) is 0 Å². The SMILES string of the molecule is CCc1ccc(OC)c(S(=O)(=O)Nc2noc3cc(Cn4cc5c(n4)CN(C(=O)OC(C)(C)C)C5)cc(C)c23)c1. The number of methoxy groups -OCH3 is 1. The number of benzene rings is 2. The molecule has 1 N–H and O–H groups in total. The molecule has 0 fully saturated rings. The van der Waals surface area contributed by atoms with Gasteiger partial charge in [0.05, 0.1) is 37.8 Å². The molecular formula is C28H33N5O6S. The monoisotopic (exact) mass is 567 g/mol. The molecule has 1 aliphatic rings. The smallest absolute Gasteiger partial charge is 0.410 e. The van der Waals surface area contributed by atoms with Gasteiger partial charge in [-0.3, -0.25) is 14.3 Å². The third-order valence-corrected chi connectivity index (χ3v) is 7.97. The van der Waals surface area contributed by atoms with E-state index in [4.69, 9.17) is 14.0 Å². The molecule has 0 aliphatic carbocycles. The maximum Gasteiger partial charge on any atom is 0.410 e. The fourth-order valence-electron chi connectivity index (χ4n) is 4.77. The zero-order valence-corrected chi connectivity index (χ0v) is 24.3. The first-order chi connectivity index (χ1) is 18.9. The standard InChI is InChI=1S/C28H33N5O6S/c1-7-18-8-9-22(37-6)24(12-18)40(35,36)31-26-25-17(2)10-19(11-23(25)39-30-26)13-33-15-20-14-32(16-21(20)29-33)27(34)38-28(3,4)5/h8-12,15H,7,13-14,16H2,1-6H3,(H,30,31). The lowest BCUT2D eigenvalue weighted by Gasteiger charge is -2.24. The number of sulfonamides is 1. The van der Waals surface area contributed by atoms with E-state index in [1.807, 2.05) is 63.7 Å². The van der Waals surface area contributed by atoms with Crippen LogP contribution >= 0.6 is 0 Å². The first-order valence-corrected chi connectivity index (χ1v) is 14.5. The number of hydrogen-bond donors (Lipinski definition) is 1. The van der Waals surface area contributed by atoms with E-state index in [1.165, 1.54) is 7.11 Å². The second-order valence-corrected chi connectivity index (χ2v) is 12.5. The van der Waals surface area contributed by atoms with E-state index in [0.717, 1.165) is 27.9 Å². The fourth-order valence-corrected chi connectivity index (χ4v) is 6.00. The van der Waals surface area contributed by atoms with Gasteiger partial charge in [0.15, 0.2) is 11.4 Å². The number of aryl methyl sites for hydroxylation is 2. The molecule has 4 aromatic rings. The number of fused-ring (bicyclic) bond motifs is 2. The van der Waals surface area contributed by atoms with E-state index in [-0.39, 0.29) is 22.6 Å². The Balaban J connectivity index is 1.34. The van der Waals surface area contributed by atoms with Gasteiger partial charge >= 0.3 is 6.09 Å². The first kappa shape index (κ1) is 27.5. The molecule has 12 heteroatoms. The van der Waals surface area contributed by atoms with Crippen LogP contribution in [0, 0.1) is 6.92 Å². The summed E-state index contributed by atoms with van der Waals surface area (Å²) in [6.45, 7) is 10.7. The summed E-state index contributed by atoms with van der Waals surface area (Å²) in [7, 11) is -2.56. The van der Waals surface area contributed by atoms with E-state index in [9.17, 15) is 13.2 Å². The van der Waals surface area contributed by atoms with E-state index in [2.05, 4.69) is 15.0 Å². The summed E-state index contributed by atoms with van der Waals surface area (Å²) in [5, 5.41) is 9.26. The minimum absolute atomic E-state index is 0.0386. The molecule has 1 aliphatic heterocycles. The van der Waals surface area contributed by atoms with Gasteiger partial charge in [-0.05, 0) is 69.0 Å². The van der Waals surface area contributed by atoms with Crippen molar-refractivity contribution in [3.8, 4) is 5.75 Å². The molecule has 1 amide bonds. The van der Waals surface area contributed by atoms with Crippen LogP contribution < -0.4 is 9.46 Å². The summed E-state index contributed by atoms with van der Waals surface area (Å²) in [5.41, 5.74) is 4.30. The van der Waals surface area contributed by atoms with Crippen LogP contribution in [-0.4, -0.2) is 47.1 Å². The lowest BCUT2D eigenvalue weighted by Crippen LogP contribution is -2.33. The molecular weight excluding hydrogens is 534 g/mol. The van der Waals surface area contributed by atoms with Gasteiger partial charge in [-0.1, -0.05) is 24.2 Å². The summed E-state index contributed by atoms with van der Waals surface area (Å²) in [6, 6.07) is 8.86. The van der Waals surface area contributed by atoms with E-state index < -0.39 is 15.6 Å². The van der Waals surface area contributed by atoms with Crippen molar-refractivity contribution in [2.45, 2.75) is 71.2 Å². The number of nitrogens with one attached hydrogen (secondary N) is 1. The first-order valence-electron chi connectivity index (χ1n) is 13.0. The van der Waals surface area contributed by atoms with Crippen LogP contribution in [0.5, 0.6) is 5.75 Å². The molecule has 0 bridgehead atoms. The topological polar surface area (TPSA) is 129 Å². The van der Waals surface area contributed by atoms with Crippen LogP contribution in [0.15, 0.2) is 45.9 Å².